The normalized spacial score (nSPS) is 12.8. The van der Waals surface area contributed by atoms with Crippen molar-refractivity contribution in [2.75, 3.05) is 4.90 Å². The Hall–Kier alpha value is -6.44. The van der Waals surface area contributed by atoms with Gasteiger partial charge in [0.15, 0.2) is 0 Å². The fourth-order valence-electron chi connectivity index (χ4n) is 7.51. The molecule has 0 bridgehead atoms. The summed E-state index contributed by atoms with van der Waals surface area (Å²) in [7, 11) is 0. The van der Waals surface area contributed by atoms with Crippen LogP contribution in [0.4, 0.5) is 5.69 Å². The maximum absolute atomic E-state index is 2.36. The van der Waals surface area contributed by atoms with Gasteiger partial charge in [0.05, 0.1) is 0 Å². The van der Waals surface area contributed by atoms with Crippen LogP contribution in [-0.4, -0.2) is 0 Å². The maximum atomic E-state index is 2.36. The molecular weight excluding hydrogens is 627 g/mol. The number of hydrogen-bond donors (Lipinski definition) is 0. The monoisotopic (exact) mass is 667 g/mol. The molecule has 250 valence electrons. The molecule has 8 rings (SSSR count). The van der Waals surface area contributed by atoms with Crippen LogP contribution in [0.2, 0.25) is 0 Å². The second kappa shape index (κ2) is 14.4. The van der Waals surface area contributed by atoms with Gasteiger partial charge >= 0.3 is 0 Å². The predicted octanol–water partition coefficient (Wildman–Crippen LogP) is 14.4. The molecule has 0 heterocycles. The van der Waals surface area contributed by atoms with Crippen molar-refractivity contribution < 1.29 is 0 Å². The highest BCUT2D eigenvalue weighted by Crippen LogP contribution is 2.37. The zero-order valence-electron chi connectivity index (χ0n) is 29.9. The lowest BCUT2D eigenvalue weighted by Gasteiger charge is -2.27. The summed E-state index contributed by atoms with van der Waals surface area (Å²) >= 11 is 0. The molecule has 1 nitrogen and oxygen atoms in total. The minimum absolute atomic E-state index is 1.09. The first-order chi connectivity index (χ1) is 25.6. The minimum Gasteiger partial charge on any atom is -0.315 e. The van der Waals surface area contributed by atoms with Crippen LogP contribution in [0.5, 0.6) is 0 Å². The van der Waals surface area contributed by atoms with Crippen molar-refractivity contribution in [3.05, 3.63) is 211 Å². The third-order valence-electron chi connectivity index (χ3n) is 10.0. The molecule has 0 saturated carbocycles. The van der Waals surface area contributed by atoms with Crippen LogP contribution in [0.3, 0.4) is 0 Å². The van der Waals surface area contributed by atoms with Gasteiger partial charge in [0.1, 0.15) is 0 Å². The topological polar surface area (TPSA) is 3.24 Å². The van der Waals surface area contributed by atoms with Crippen molar-refractivity contribution >= 4 is 60.4 Å². The van der Waals surface area contributed by atoms with Gasteiger partial charge < -0.3 is 4.90 Å². The molecule has 0 aliphatic heterocycles. The molecule has 0 unspecified atom stereocenters. The Morgan fingerprint density at radius 1 is 0.500 bits per heavy atom. The number of rotatable bonds is 8. The number of hydrogen-bond acceptors (Lipinski definition) is 1. The van der Waals surface area contributed by atoms with Crippen molar-refractivity contribution in [3.8, 4) is 11.1 Å². The number of anilines is 1. The van der Waals surface area contributed by atoms with Crippen LogP contribution in [0, 0.1) is 0 Å². The zero-order chi connectivity index (χ0) is 35.4. The van der Waals surface area contributed by atoms with E-state index in [-0.39, 0.29) is 0 Å². The van der Waals surface area contributed by atoms with Crippen molar-refractivity contribution in [2.45, 2.75) is 20.8 Å². The first-order valence-corrected chi connectivity index (χ1v) is 18.1. The van der Waals surface area contributed by atoms with Gasteiger partial charge in [-0.15, -0.1) is 0 Å². The third-order valence-corrected chi connectivity index (χ3v) is 10.0. The van der Waals surface area contributed by atoms with Crippen LogP contribution in [0.15, 0.2) is 199 Å². The summed E-state index contributed by atoms with van der Waals surface area (Å²) in [5.74, 6) is 0. The van der Waals surface area contributed by atoms with E-state index in [1.54, 1.807) is 0 Å². The molecule has 0 aliphatic rings. The molecule has 0 spiro atoms. The number of fused-ring (bicyclic) bond motifs is 6. The standard InChI is InChI=1S/C51H41N/c1-4-16-43(33-38-17-6-5-7-18-38)52(37(3)28-27-36(2)50-34-40-19-8-10-21-44(40)46-23-12-14-25-48(46)50)42-31-29-39(30-32-42)51-35-41-20-9-11-22-45(41)47-24-13-15-26-49(47)51/h4-35H,1-3H3/b16-4-,36-27+,37-28+,43-33+. The van der Waals surface area contributed by atoms with Gasteiger partial charge in [-0.25, -0.2) is 0 Å². The smallest absolute Gasteiger partial charge is 0.0460 e. The van der Waals surface area contributed by atoms with Gasteiger partial charge in [0, 0.05) is 17.1 Å². The van der Waals surface area contributed by atoms with Crippen molar-refractivity contribution in [1.82, 2.24) is 0 Å². The molecule has 52 heavy (non-hydrogen) atoms. The lowest BCUT2D eigenvalue weighted by atomic mass is 9.93. The second-order valence-corrected chi connectivity index (χ2v) is 13.4. The van der Waals surface area contributed by atoms with E-state index in [4.69, 9.17) is 0 Å². The molecule has 8 aromatic rings. The van der Waals surface area contributed by atoms with Crippen LogP contribution in [-0.2, 0) is 0 Å². The third kappa shape index (κ3) is 6.34. The summed E-state index contributed by atoms with van der Waals surface area (Å²) in [4.78, 5) is 2.36. The zero-order valence-corrected chi connectivity index (χ0v) is 29.9. The van der Waals surface area contributed by atoms with E-state index in [0.717, 1.165) is 22.6 Å². The molecule has 0 saturated heterocycles. The van der Waals surface area contributed by atoms with Gasteiger partial charge in [0.25, 0.3) is 0 Å². The first-order valence-electron chi connectivity index (χ1n) is 18.1. The molecule has 0 radical (unpaired) electrons. The first kappa shape index (κ1) is 32.7. The van der Waals surface area contributed by atoms with E-state index in [1.165, 1.54) is 65.4 Å². The molecule has 8 aromatic carbocycles. The number of benzene rings is 8. The van der Waals surface area contributed by atoms with E-state index in [9.17, 15) is 0 Å². The van der Waals surface area contributed by atoms with E-state index in [0.29, 0.717) is 0 Å². The molecular formula is C51H41N. The van der Waals surface area contributed by atoms with Crippen LogP contribution in [0.1, 0.15) is 31.9 Å². The number of allylic oxidation sites excluding steroid dienone is 6. The Kier molecular flexibility index (Phi) is 9.08. The van der Waals surface area contributed by atoms with Gasteiger partial charge in [-0.05, 0) is 134 Å². The summed E-state index contributed by atoms with van der Waals surface area (Å²) in [6.07, 6.45) is 11.1. The van der Waals surface area contributed by atoms with E-state index >= 15 is 0 Å². The predicted molar refractivity (Wildman–Crippen MR) is 227 cm³/mol. The Bertz CT molecular complexity index is 2690. The Morgan fingerprint density at radius 2 is 1.04 bits per heavy atom. The summed E-state index contributed by atoms with van der Waals surface area (Å²) in [5, 5.41) is 10.2. The average molecular weight is 668 g/mol. The summed E-state index contributed by atoms with van der Waals surface area (Å²) < 4.78 is 0. The van der Waals surface area contributed by atoms with Crippen LogP contribution in [0.25, 0.3) is 65.9 Å². The minimum atomic E-state index is 1.09. The Balaban J connectivity index is 1.24. The Morgan fingerprint density at radius 3 is 1.69 bits per heavy atom. The largest absolute Gasteiger partial charge is 0.315 e. The molecule has 0 N–H and O–H groups in total. The van der Waals surface area contributed by atoms with E-state index in [2.05, 4.69) is 220 Å². The summed E-state index contributed by atoms with van der Waals surface area (Å²) in [5.41, 5.74) is 9.39. The van der Waals surface area contributed by atoms with Gasteiger partial charge in [-0.3, -0.25) is 0 Å². The number of nitrogens with zero attached hydrogens (tertiary/aromatic N) is 1. The lowest BCUT2D eigenvalue weighted by Crippen LogP contribution is -2.19. The van der Waals surface area contributed by atoms with Crippen molar-refractivity contribution in [1.29, 1.82) is 0 Å². The fraction of sp³-hybridized carbons (Fsp3) is 0.0588. The summed E-state index contributed by atoms with van der Waals surface area (Å²) in [6, 6.07) is 59.1. The fourth-order valence-corrected chi connectivity index (χ4v) is 7.51. The second-order valence-electron chi connectivity index (χ2n) is 13.4. The van der Waals surface area contributed by atoms with Gasteiger partial charge in [-0.1, -0.05) is 152 Å². The highest BCUT2D eigenvalue weighted by Gasteiger charge is 2.15. The molecule has 0 atom stereocenters. The highest BCUT2D eigenvalue weighted by atomic mass is 15.1. The molecule has 0 aromatic heterocycles. The van der Waals surface area contributed by atoms with Crippen molar-refractivity contribution in [2.24, 2.45) is 0 Å². The van der Waals surface area contributed by atoms with Crippen LogP contribution < -0.4 is 4.90 Å². The molecule has 0 fully saturated rings. The lowest BCUT2D eigenvalue weighted by molar-refractivity contribution is 1.11. The molecule has 0 aliphatic carbocycles. The van der Waals surface area contributed by atoms with E-state index < -0.39 is 0 Å². The van der Waals surface area contributed by atoms with E-state index in [1.807, 2.05) is 0 Å². The Labute approximate surface area is 306 Å². The quantitative estimate of drug-likeness (QED) is 0.115. The SMILES string of the molecule is C/C=C\C(=C/c1ccccc1)N(/C(C)=C/C=C(\C)c1cc2ccccc2c2ccccc12)c1ccc(-c2cc3ccccc3c3ccccc23)cc1. The molecule has 1 heteroatoms. The van der Waals surface area contributed by atoms with Crippen LogP contribution >= 0.6 is 0 Å². The highest BCUT2D eigenvalue weighted by molar-refractivity contribution is 6.14. The summed E-state index contributed by atoms with van der Waals surface area (Å²) in [6.45, 7) is 6.51. The van der Waals surface area contributed by atoms with Gasteiger partial charge in [0.2, 0.25) is 0 Å². The maximum Gasteiger partial charge on any atom is 0.0460 e. The average Bonchev–Trinajstić information content (AvgIpc) is 3.20. The van der Waals surface area contributed by atoms with Gasteiger partial charge in [-0.2, -0.15) is 0 Å². The molecule has 0 amide bonds. The van der Waals surface area contributed by atoms with Crippen molar-refractivity contribution in [3.63, 3.8) is 0 Å².